The highest BCUT2D eigenvalue weighted by molar-refractivity contribution is 5.80. The zero-order valence-electron chi connectivity index (χ0n) is 16.2. The van der Waals surface area contributed by atoms with Crippen LogP contribution in [-0.4, -0.2) is 75.0 Å². The topological polar surface area (TPSA) is 58.6 Å². The molecule has 0 saturated carbocycles. The predicted molar refractivity (Wildman–Crippen MR) is 105 cm³/mol. The number of guanidine groups is 1. The highest BCUT2D eigenvalue weighted by Crippen LogP contribution is 2.35. The highest BCUT2D eigenvalue weighted by atomic mass is 16.7. The Morgan fingerprint density at radius 3 is 2.89 bits per heavy atom. The first-order valence-electron chi connectivity index (χ1n) is 10.1. The fourth-order valence-electron chi connectivity index (χ4n) is 4.15. The van der Waals surface area contributed by atoms with Gasteiger partial charge >= 0.3 is 0 Å². The Balaban J connectivity index is 1.20. The van der Waals surface area contributed by atoms with Crippen molar-refractivity contribution >= 4 is 5.96 Å². The summed E-state index contributed by atoms with van der Waals surface area (Å²) in [6.07, 6.45) is 5.31. The molecule has 2 fully saturated rings. The molecule has 4 rings (SSSR count). The molecule has 2 saturated heterocycles. The van der Waals surface area contributed by atoms with Gasteiger partial charge in [0.05, 0.1) is 6.54 Å². The number of aliphatic imine (C=N–C) groups is 1. The Labute approximate surface area is 161 Å². The number of benzene rings is 1. The molecule has 1 atom stereocenters. The molecule has 1 unspecified atom stereocenters. The normalized spacial score (nSPS) is 22.9. The van der Waals surface area contributed by atoms with Gasteiger partial charge in [0.25, 0.3) is 0 Å². The minimum absolute atomic E-state index is 0.283. The van der Waals surface area contributed by atoms with E-state index in [1.807, 2.05) is 25.2 Å². The van der Waals surface area contributed by atoms with Crippen LogP contribution < -0.4 is 19.5 Å². The van der Waals surface area contributed by atoms with E-state index in [-0.39, 0.29) is 6.79 Å². The Bertz CT molecular complexity index is 661. The van der Waals surface area contributed by atoms with Gasteiger partial charge in [-0.25, -0.2) is 0 Å². The van der Waals surface area contributed by atoms with Crippen molar-refractivity contribution in [3.05, 3.63) is 18.2 Å². The molecule has 0 aliphatic carbocycles. The first-order chi connectivity index (χ1) is 13.3. The van der Waals surface area contributed by atoms with Gasteiger partial charge in [-0.05, 0) is 44.5 Å². The van der Waals surface area contributed by atoms with Gasteiger partial charge in [-0.2, -0.15) is 0 Å². The Kier molecular flexibility index (Phi) is 5.87. The van der Waals surface area contributed by atoms with Crippen LogP contribution in [-0.2, 0) is 0 Å². The van der Waals surface area contributed by atoms with Gasteiger partial charge in [0, 0.05) is 32.2 Å². The molecule has 148 valence electrons. The summed E-state index contributed by atoms with van der Waals surface area (Å²) < 4.78 is 16.5. The maximum Gasteiger partial charge on any atom is 0.231 e. The molecule has 7 heteroatoms. The molecule has 27 heavy (non-hydrogen) atoms. The lowest BCUT2D eigenvalue weighted by Gasteiger charge is -2.32. The Morgan fingerprint density at radius 2 is 2.04 bits per heavy atom. The number of likely N-dealkylation sites (tertiary alicyclic amines) is 2. The molecule has 0 aromatic heterocycles. The molecule has 0 radical (unpaired) electrons. The molecule has 3 aliphatic heterocycles. The van der Waals surface area contributed by atoms with E-state index >= 15 is 0 Å². The number of hydrogen-bond acceptors (Lipinski definition) is 5. The molecule has 0 amide bonds. The van der Waals surface area contributed by atoms with Gasteiger partial charge in [0.1, 0.15) is 12.4 Å². The van der Waals surface area contributed by atoms with Crippen molar-refractivity contribution in [2.75, 3.05) is 53.2 Å². The number of hydrogen-bond donors (Lipinski definition) is 1. The monoisotopic (exact) mass is 374 g/mol. The Hall–Kier alpha value is -2.15. The largest absolute Gasteiger partial charge is 0.492 e. The molecule has 0 bridgehead atoms. The minimum atomic E-state index is 0.283. The molecule has 1 aromatic carbocycles. The number of nitrogens with one attached hydrogen (secondary N) is 1. The van der Waals surface area contributed by atoms with Crippen molar-refractivity contribution in [3.63, 3.8) is 0 Å². The second kappa shape index (κ2) is 8.69. The van der Waals surface area contributed by atoms with E-state index < -0.39 is 0 Å². The zero-order chi connectivity index (χ0) is 18.5. The fraction of sp³-hybridized carbons (Fsp3) is 0.650. The van der Waals surface area contributed by atoms with Gasteiger partial charge < -0.3 is 24.4 Å². The van der Waals surface area contributed by atoms with Gasteiger partial charge in [-0.1, -0.05) is 6.42 Å². The molecule has 3 aliphatic rings. The fourth-order valence-corrected chi connectivity index (χ4v) is 4.15. The van der Waals surface area contributed by atoms with E-state index in [9.17, 15) is 0 Å². The van der Waals surface area contributed by atoms with Crippen LogP contribution in [0.25, 0.3) is 0 Å². The molecule has 0 spiro atoms. The molecular formula is C20H30N4O3. The number of ether oxygens (including phenoxy) is 3. The maximum absolute atomic E-state index is 5.83. The molecule has 3 heterocycles. The van der Waals surface area contributed by atoms with Crippen LogP contribution in [0.2, 0.25) is 0 Å². The second-order valence-corrected chi connectivity index (χ2v) is 7.32. The summed E-state index contributed by atoms with van der Waals surface area (Å²) in [5.74, 6) is 3.29. The van der Waals surface area contributed by atoms with Crippen molar-refractivity contribution in [3.8, 4) is 17.2 Å². The van der Waals surface area contributed by atoms with Gasteiger partial charge in [0.2, 0.25) is 6.79 Å². The smallest absolute Gasteiger partial charge is 0.231 e. The number of fused-ring (bicyclic) bond motifs is 1. The van der Waals surface area contributed by atoms with Gasteiger partial charge in [0.15, 0.2) is 17.5 Å². The van der Waals surface area contributed by atoms with Crippen molar-refractivity contribution in [2.24, 2.45) is 4.99 Å². The van der Waals surface area contributed by atoms with Gasteiger partial charge in [-0.3, -0.25) is 9.89 Å². The molecule has 7 nitrogen and oxygen atoms in total. The standard InChI is InChI=1S/C20H30N4O3/c1-21-20(24-11-7-16(14-24)23-9-3-2-4-10-23)22-8-12-25-17-5-6-18-19(13-17)27-15-26-18/h5-6,13,16H,2-4,7-12,14-15H2,1H3,(H,21,22). The summed E-state index contributed by atoms with van der Waals surface area (Å²) >= 11 is 0. The van der Waals surface area contributed by atoms with Crippen LogP contribution in [0.3, 0.4) is 0 Å². The summed E-state index contributed by atoms with van der Waals surface area (Å²) in [6.45, 7) is 6.23. The van der Waals surface area contributed by atoms with Crippen molar-refractivity contribution in [1.29, 1.82) is 0 Å². The summed E-state index contributed by atoms with van der Waals surface area (Å²) in [6, 6.07) is 6.34. The zero-order valence-corrected chi connectivity index (χ0v) is 16.2. The number of rotatable bonds is 5. The third kappa shape index (κ3) is 4.40. The quantitative estimate of drug-likeness (QED) is 0.483. The number of piperidine rings is 1. The average Bonchev–Trinajstić information content (AvgIpc) is 3.38. The van der Waals surface area contributed by atoms with E-state index in [4.69, 9.17) is 14.2 Å². The minimum Gasteiger partial charge on any atom is -0.492 e. The van der Waals surface area contributed by atoms with Gasteiger partial charge in [-0.15, -0.1) is 0 Å². The SMILES string of the molecule is CN=C(NCCOc1ccc2c(c1)OCO2)N1CCC(N2CCCCC2)C1. The molecule has 1 aromatic rings. The maximum atomic E-state index is 5.83. The van der Waals surface area contributed by atoms with Crippen LogP contribution in [0.4, 0.5) is 0 Å². The molecular weight excluding hydrogens is 344 g/mol. The van der Waals surface area contributed by atoms with E-state index in [0.717, 1.165) is 36.3 Å². The summed E-state index contributed by atoms with van der Waals surface area (Å²) in [5, 5.41) is 3.43. The van der Waals surface area contributed by atoms with E-state index in [1.54, 1.807) is 0 Å². The predicted octanol–water partition coefficient (Wildman–Crippen LogP) is 1.93. The lowest BCUT2D eigenvalue weighted by atomic mass is 10.1. The van der Waals surface area contributed by atoms with E-state index in [1.165, 1.54) is 38.8 Å². The van der Waals surface area contributed by atoms with Crippen molar-refractivity contribution < 1.29 is 14.2 Å². The van der Waals surface area contributed by atoms with Crippen molar-refractivity contribution in [2.45, 2.75) is 31.7 Å². The van der Waals surface area contributed by atoms with Crippen LogP contribution in [0.15, 0.2) is 23.2 Å². The van der Waals surface area contributed by atoms with Crippen LogP contribution in [0, 0.1) is 0 Å². The Morgan fingerprint density at radius 1 is 1.19 bits per heavy atom. The van der Waals surface area contributed by atoms with E-state index in [0.29, 0.717) is 19.2 Å². The third-order valence-corrected chi connectivity index (χ3v) is 5.58. The van der Waals surface area contributed by atoms with Crippen molar-refractivity contribution in [1.82, 2.24) is 15.1 Å². The first kappa shape index (κ1) is 18.2. The number of nitrogens with zero attached hydrogens (tertiary/aromatic N) is 3. The first-order valence-corrected chi connectivity index (χ1v) is 10.1. The summed E-state index contributed by atoms with van der Waals surface area (Å²) in [4.78, 5) is 9.50. The third-order valence-electron chi connectivity index (χ3n) is 5.58. The van der Waals surface area contributed by atoms with E-state index in [2.05, 4.69) is 20.1 Å². The average molecular weight is 374 g/mol. The molecule has 1 N–H and O–H groups in total. The lowest BCUT2D eigenvalue weighted by molar-refractivity contribution is 0.168. The highest BCUT2D eigenvalue weighted by Gasteiger charge is 2.29. The van der Waals surface area contributed by atoms with Crippen LogP contribution >= 0.6 is 0 Å². The summed E-state index contributed by atoms with van der Waals surface area (Å²) in [7, 11) is 1.86. The van der Waals surface area contributed by atoms with Crippen LogP contribution in [0.5, 0.6) is 17.2 Å². The summed E-state index contributed by atoms with van der Waals surface area (Å²) in [5.41, 5.74) is 0. The second-order valence-electron chi connectivity index (χ2n) is 7.32. The van der Waals surface area contributed by atoms with Crippen LogP contribution in [0.1, 0.15) is 25.7 Å². The lowest BCUT2D eigenvalue weighted by Crippen LogP contribution is -2.45.